The second kappa shape index (κ2) is 4.43. The van der Waals surface area contributed by atoms with Crippen LogP contribution in [0.1, 0.15) is 6.92 Å². The van der Waals surface area contributed by atoms with Gasteiger partial charge in [-0.3, -0.25) is 4.79 Å². The molecule has 1 amide bonds. The maximum Gasteiger partial charge on any atom is 0.262 e. The highest BCUT2D eigenvalue weighted by Gasteiger charge is 2.28. The molecule has 1 heterocycles. The fourth-order valence-corrected chi connectivity index (χ4v) is 1.90. The Hall–Kier alpha value is -1.71. The summed E-state index contributed by atoms with van der Waals surface area (Å²) in [5.74, 6) is 0.706. The Morgan fingerprint density at radius 3 is 3.00 bits per heavy atom. The highest BCUT2D eigenvalue weighted by Crippen LogP contribution is 2.32. The third-order valence-corrected chi connectivity index (χ3v) is 2.78. The first-order valence-electron chi connectivity index (χ1n) is 5.48. The zero-order valence-electron chi connectivity index (χ0n) is 9.56. The van der Waals surface area contributed by atoms with Crippen molar-refractivity contribution >= 4 is 11.6 Å². The lowest BCUT2D eigenvalue weighted by Gasteiger charge is -2.34. The van der Waals surface area contributed by atoms with E-state index in [2.05, 4.69) is 17.1 Å². The Balaban J connectivity index is 2.28. The lowest BCUT2D eigenvalue weighted by atomic mass is 10.2. The SMILES string of the molecule is CCN1CC(C(=O)NC)Oc2ccccc21. The molecule has 1 aliphatic rings. The predicted octanol–water partition coefficient (Wildman–Crippen LogP) is 1.02. The molecule has 1 atom stereocenters. The Kier molecular flexibility index (Phi) is 2.99. The van der Waals surface area contributed by atoms with Crippen LogP contribution in [-0.4, -0.2) is 32.1 Å². The number of ether oxygens (including phenoxy) is 1. The van der Waals surface area contributed by atoms with Crippen LogP contribution in [0.2, 0.25) is 0 Å². The quantitative estimate of drug-likeness (QED) is 0.809. The molecule has 16 heavy (non-hydrogen) atoms. The van der Waals surface area contributed by atoms with E-state index >= 15 is 0 Å². The molecule has 1 aliphatic heterocycles. The maximum atomic E-state index is 11.6. The molecular formula is C12H16N2O2. The van der Waals surface area contributed by atoms with Gasteiger partial charge in [0, 0.05) is 13.6 Å². The van der Waals surface area contributed by atoms with Crippen molar-refractivity contribution in [2.45, 2.75) is 13.0 Å². The van der Waals surface area contributed by atoms with Crippen LogP contribution in [0, 0.1) is 0 Å². The lowest BCUT2D eigenvalue weighted by molar-refractivity contribution is -0.127. The van der Waals surface area contributed by atoms with Gasteiger partial charge in [0.2, 0.25) is 0 Å². The Bertz CT molecular complexity index is 392. The molecule has 0 fully saturated rings. The van der Waals surface area contributed by atoms with Gasteiger partial charge in [-0.2, -0.15) is 0 Å². The van der Waals surface area contributed by atoms with Crippen LogP contribution in [-0.2, 0) is 4.79 Å². The normalized spacial score (nSPS) is 18.6. The van der Waals surface area contributed by atoms with Crippen LogP contribution in [0.25, 0.3) is 0 Å². The number of anilines is 1. The summed E-state index contributed by atoms with van der Waals surface area (Å²) in [6.45, 7) is 3.55. The number of amides is 1. The van der Waals surface area contributed by atoms with E-state index in [0.29, 0.717) is 6.54 Å². The summed E-state index contributed by atoms with van der Waals surface area (Å²) in [6.07, 6.45) is -0.417. The van der Waals surface area contributed by atoms with Crippen LogP contribution in [0.15, 0.2) is 24.3 Å². The second-order valence-corrected chi connectivity index (χ2v) is 3.73. The van der Waals surface area contributed by atoms with Crippen LogP contribution >= 0.6 is 0 Å². The van der Waals surface area contributed by atoms with Gasteiger partial charge in [0.15, 0.2) is 6.10 Å². The number of nitrogens with one attached hydrogen (secondary N) is 1. The minimum atomic E-state index is -0.417. The summed E-state index contributed by atoms with van der Waals surface area (Å²) in [6, 6.07) is 7.80. The molecule has 86 valence electrons. The Morgan fingerprint density at radius 2 is 2.31 bits per heavy atom. The van der Waals surface area contributed by atoms with Crippen molar-refractivity contribution in [3.63, 3.8) is 0 Å². The van der Waals surface area contributed by atoms with E-state index in [9.17, 15) is 4.79 Å². The van der Waals surface area contributed by atoms with Gasteiger partial charge in [-0.25, -0.2) is 0 Å². The van der Waals surface area contributed by atoms with Crippen LogP contribution in [0.4, 0.5) is 5.69 Å². The molecule has 2 rings (SSSR count). The first kappa shape index (κ1) is 10.8. The summed E-state index contributed by atoms with van der Waals surface area (Å²) in [5, 5.41) is 2.62. The minimum absolute atomic E-state index is 0.0760. The third kappa shape index (κ3) is 1.83. The van der Waals surface area contributed by atoms with Crippen molar-refractivity contribution in [3.05, 3.63) is 24.3 Å². The highest BCUT2D eigenvalue weighted by atomic mass is 16.5. The van der Waals surface area contributed by atoms with Gasteiger partial charge < -0.3 is 15.0 Å². The molecule has 1 unspecified atom stereocenters. The number of nitrogens with zero attached hydrogens (tertiary/aromatic N) is 1. The van der Waals surface area contributed by atoms with Gasteiger partial charge in [0.1, 0.15) is 5.75 Å². The van der Waals surface area contributed by atoms with E-state index in [0.717, 1.165) is 18.0 Å². The summed E-state index contributed by atoms with van der Waals surface area (Å²) in [4.78, 5) is 13.7. The first-order valence-corrected chi connectivity index (χ1v) is 5.48. The molecule has 4 nitrogen and oxygen atoms in total. The van der Waals surface area contributed by atoms with Crippen molar-refractivity contribution < 1.29 is 9.53 Å². The average Bonchev–Trinajstić information content (AvgIpc) is 2.36. The van der Waals surface area contributed by atoms with Crippen molar-refractivity contribution in [1.29, 1.82) is 0 Å². The Labute approximate surface area is 95.2 Å². The number of benzene rings is 1. The van der Waals surface area contributed by atoms with E-state index in [1.165, 1.54) is 0 Å². The molecule has 1 aromatic carbocycles. The third-order valence-electron chi connectivity index (χ3n) is 2.78. The maximum absolute atomic E-state index is 11.6. The number of fused-ring (bicyclic) bond motifs is 1. The van der Waals surface area contributed by atoms with Gasteiger partial charge in [-0.1, -0.05) is 12.1 Å². The fourth-order valence-electron chi connectivity index (χ4n) is 1.90. The van der Waals surface area contributed by atoms with E-state index in [-0.39, 0.29) is 5.91 Å². The molecule has 0 aliphatic carbocycles. The van der Waals surface area contributed by atoms with E-state index < -0.39 is 6.10 Å². The summed E-state index contributed by atoms with van der Waals surface area (Å²) in [7, 11) is 1.63. The van der Waals surface area contributed by atoms with Crippen molar-refractivity contribution in [1.82, 2.24) is 5.32 Å². The number of hydrogen-bond donors (Lipinski definition) is 1. The molecule has 0 radical (unpaired) electrons. The van der Waals surface area contributed by atoms with E-state index in [1.807, 2.05) is 24.3 Å². The standard InChI is InChI=1S/C12H16N2O2/c1-3-14-8-11(12(15)13-2)16-10-7-5-4-6-9(10)14/h4-7,11H,3,8H2,1-2H3,(H,13,15). The van der Waals surface area contributed by atoms with Gasteiger partial charge in [0.25, 0.3) is 5.91 Å². The lowest BCUT2D eigenvalue weighted by Crippen LogP contribution is -2.48. The topological polar surface area (TPSA) is 41.6 Å². The second-order valence-electron chi connectivity index (χ2n) is 3.73. The molecule has 1 aromatic rings. The number of carbonyl (C=O) groups excluding carboxylic acids is 1. The smallest absolute Gasteiger partial charge is 0.262 e. The molecule has 0 saturated heterocycles. The van der Waals surface area contributed by atoms with Gasteiger partial charge in [-0.15, -0.1) is 0 Å². The van der Waals surface area contributed by atoms with Crippen LogP contribution in [0.3, 0.4) is 0 Å². The van der Waals surface area contributed by atoms with Gasteiger partial charge >= 0.3 is 0 Å². The van der Waals surface area contributed by atoms with Crippen LogP contribution < -0.4 is 15.0 Å². The molecule has 0 saturated carbocycles. The molecule has 0 bridgehead atoms. The predicted molar refractivity (Wildman–Crippen MR) is 62.8 cm³/mol. The minimum Gasteiger partial charge on any atom is -0.477 e. The monoisotopic (exact) mass is 220 g/mol. The number of likely N-dealkylation sites (N-methyl/N-ethyl adjacent to an activating group) is 2. The number of hydrogen-bond acceptors (Lipinski definition) is 3. The number of carbonyl (C=O) groups is 1. The summed E-state index contributed by atoms with van der Waals surface area (Å²) >= 11 is 0. The molecule has 4 heteroatoms. The van der Waals surface area contributed by atoms with E-state index in [1.54, 1.807) is 7.05 Å². The number of para-hydroxylation sites is 2. The molecule has 0 aromatic heterocycles. The highest BCUT2D eigenvalue weighted by molar-refractivity contribution is 5.83. The van der Waals surface area contributed by atoms with Crippen LogP contribution in [0.5, 0.6) is 5.75 Å². The van der Waals surface area contributed by atoms with Crippen molar-refractivity contribution in [3.8, 4) is 5.75 Å². The van der Waals surface area contributed by atoms with Gasteiger partial charge in [0.05, 0.1) is 12.2 Å². The zero-order valence-corrected chi connectivity index (χ0v) is 9.56. The summed E-state index contributed by atoms with van der Waals surface area (Å²) < 4.78 is 5.66. The zero-order chi connectivity index (χ0) is 11.5. The summed E-state index contributed by atoms with van der Waals surface area (Å²) in [5.41, 5.74) is 1.06. The van der Waals surface area contributed by atoms with Crippen molar-refractivity contribution in [2.24, 2.45) is 0 Å². The molecular weight excluding hydrogens is 204 g/mol. The first-order chi connectivity index (χ1) is 7.76. The molecule has 1 N–H and O–H groups in total. The van der Waals surface area contributed by atoms with Crippen molar-refractivity contribution in [2.75, 3.05) is 25.0 Å². The largest absolute Gasteiger partial charge is 0.477 e. The number of rotatable bonds is 2. The Morgan fingerprint density at radius 1 is 1.56 bits per heavy atom. The fraction of sp³-hybridized carbons (Fsp3) is 0.417. The molecule has 0 spiro atoms. The van der Waals surface area contributed by atoms with Gasteiger partial charge in [-0.05, 0) is 19.1 Å². The van der Waals surface area contributed by atoms with E-state index in [4.69, 9.17) is 4.74 Å². The average molecular weight is 220 g/mol.